The number of benzene rings is 1. The Morgan fingerprint density at radius 1 is 1.50 bits per heavy atom. The molecule has 0 aliphatic heterocycles. The summed E-state index contributed by atoms with van der Waals surface area (Å²) in [5, 5.41) is 1.05. The molecule has 0 spiro atoms. The number of carbonyl (C=O) groups excluding carboxylic acids is 1. The van der Waals surface area contributed by atoms with E-state index in [2.05, 4.69) is 9.72 Å². The van der Waals surface area contributed by atoms with E-state index >= 15 is 0 Å². The van der Waals surface area contributed by atoms with Gasteiger partial charge in [-0.05, 0) is 12.1 Å². The number of carbonyl (C=O) groups is 1. The van der Waals surface area contributed by atoms with Crippen LogP contribution in [0.15, 0.2) is 28.7 Å². The average molecular weight is 312 g/mol. The lowest BCUT2D eigenvalue weighted by Crippen LogP contribution is -1.98. The third-order valence-electron chi connectivity index (χ3n) is 2.66. The van der Waals surface area contributed by atoms with Crippen LogP contribution in [0.4, 0.5) is 4.39 Å². The molecule has 0 N–H and O–H groups in total. The highest BCUT2D eigenvalue weighted by atomic mass is 35.5. The maximum absolute atomic E-state index is 13.6. The first kappa shape index (κ1) is 13.1. The van der Waals surface area contributed by atoms with Gasteiger partial charge in [-0.25, -0.2) is 14.2 Å². The molecule has 0 amide bonds. The molecule has 2 aromatic heterocycles. The van der Waals surface area contributed by atoms with E-state index in [4.69, 9.17) is 16.0 Å². The van der Waals surface area contributed by atoms with Crippen molar-refractivity contribution >= 4 is 39.9 Å². The van der Waals surface area contributed by atoms with Crippen molar-refractivity contribution in [3.8, 4) is 10.8 Å². The zero-order valence-corrected chi connectivity index (χ0v) is 11.7. The van der Waals surface area contributed by atoms with Gasteiger partial charge in [0.2, 0.25) is 0 Å². The molecule has 0 saturated heterocycles. The van der Waals surface area contributed by atoms with E-state index < -0.39 is 11.8 Å². The molecule has 0 bridgehead atoms. The summed E-state index contributed by atoms with van der Waals surface area (Å²) in [4.78, 5) is 15.7. The quantitative estimate of drug-likeness (QED) is 0.668. The zero-order valence-electron chi connectivity index (χ0n) is 10.1. The molecule has 0 atom stereocenters. The van der Waals surface area contributed by atoms with E-state index in [1.54, 1.807) is 18.2 Å². The number of hydrogen-bond acceptors (Lipinski definition) is 5. The van der Waals surface area contributed by atoms with E-state index in [0.717, 1.165) is 11.3 Å². The Balaban J connectivity index is 2.11. The first-order valence-corrected chi connectivity index (χ1v) is 6.72. The molecule has 0 fully saturated rings. The van der Waals surface area contributed by atoms with Crippen molar-refractivity contribution in [3.63, 3.8) is 0 Å². The number of aromatic nitrogens is 1. The molecule has 2 heterocycles. The summed E-state index contributed by atoms with van der Waals surface area (Å²) in [7, 11) is 1.26. The van der Waals surface area contributed by atoms with Gasteiger partial charge in [0.1, 0.15) is 0 Å². The minimum Gasteiger partial charge on any atom is -0.465 e. The second-order valence-electron chi connectivity index (χ2n) is 3.90. The number of rotatable bonds is 2. The predicted molar refractivity (Wildman–Crippen MR) is 73.6 cm³/mol. The third kappa shape index (κ3) is 2.07. The van der Waals surface area contributed by atoms with Crippen LogP contribution in [0.5, 0.6) is 0 Å². The molecule has 3 aromatic rings. The maximum Gasteiger partial charge on any atom is 0.351 e. The van der Waals surface area contributed by atoms with Crippen molar-refractivity contribution in [2.75, 3.05) is 7.11 Å². The number of fused-ring (bicyclic) bond motifs is 1. The second kappa shape index (κ2) is 4.88. The first-order valence-electron chi connectivity index (χ1n) is 5.53. The highest BCUT2D eigenvalue weighted by Gasteiger charge is 2.20. The Morgan fingerprint density at radius 3 is 3.00 bits per heavy atom. The topological polar surface area (TPSA) is 52.3 Å². The maximum atomic E-state index is 13.6. The normalized spacial score (nSPS) is 10.9. The standard InChI is InChI=1S/C13H7ClFNO3S/c1-18-13(17)10-11(14)16-12(20-10)8-5-6-3-2-4-7(15)9(6)19-8/h2-5H,1H3. The summed E-state index contributed by atoms with van der Waals surface area (Å²) < 4.78 is 23.6. The van der Waals surface area contributed by atoms with Crippen LogP contribution < -0.4 is 0 Å². The number of thiazole rings is 1. The molecule has 7 heteroatoms. The predicted octanol–water partition coefficient (Wildman–Crippen LogP) is 4.14. The van der Waals surface area contributed by atoms with Crippen LogP contribution >= 0.6 is 22.9 Å². The SMILES string of the molecule is COC(=O)c1sc(-c2cc3cccc(F)c3o2)nc1Cl. The number of halogens is 2. The Kier molecular flexibility index (Phi) is 3.19. The van der Waals surface area contributed by atoms with Gasteiger partial charge >= 0.3 is 5.97 Å². The molecule has 0 saturated carbocycles. The van der Waals surface area contributed by atoms with E-state index in [0.29, 0.717) is 16.2 Å². The highest BCUT2D eigenvalue weighted by Crippen LogP contribution is 2.35. The molecule has 0 radical (unpaired) electrons. The van der Waals surface area contributed by atoms with Gasteiger partial charge in [0.05, 0.1) is 7.11 Å². The Morgan fingerprint density at radius 2 is 2.30 bits per heavy atom. The summed E-state index contributed by atoms with van der Waals surface area (Å²) in [6, 6.07) is 6.27. The number of ether oxygens (including phenoxy) is 1. The van der Waals surface area contributed by atoms with Crippen LogP contribution in [0.1, 0.15) is 9.67 Å². The molecule has 4 nitrogen and oxygen atoms in total. The number of para-hydroxylation sites is 1. The van der Waals surface area contributed by atoms with Crippen molar-refractivity contribution in [3.05, 3.63) is 40.1 Å². The fourth-order valence-corrected chi connectivity index (χ4v) is 2.91. The number of methoxy groups -OCH3 is 1. The van der Waals surface area contributed by atoms with Crippen LogP contribution in [-0.4, -0.2) is 18.1 Å². The van der Waals surface area contributed by atoms with E-state index in [-0.39, 0.29) is 15.6 Å². The molecule has 1 aromatic carbocycles. The van der Waals surface area contributed by atoms with Gasteiger partial charge < -0.3 is 9.15 Å². The van der Waals surface area contributed by atoms with E-state index in [1.165, 1.54) is 13.2 Å². The summed E-state index contributed by atoms with van der Waals surface area (Å²) in [6.45, 7) is 0. The fraction of sp³-hybridized carbons (Fsp3) is 0.0769. The Labute approximate surface area is 121 Å². The van der Waals surface area contributed by atoms with E-state index in [1.807, 2.05) is 0 Å². The lowest BCUT2D eigenvalue weighted by atomic mass is 10.2. The van der Waals surface area contributed by atoms with Gasteiger partial charge in [0.25, 0.3) is 0 Å². The Bertz CT molecular complexity index is 811. The number of hydrogen-bond donors (Lipinski definition) is 0. The van der Waals surface area contributed by atoms with Crippen molar-refractivity contribution < 1.29 is 18.3 Å². The highest BCUT2D eigenvalue weighted by molar-refractivity contribution is 7.17. The lowest BCUT2D eigenvalue weighted by molar-refractivity contribution is 0.0606. The number of nitrogens with zero attached hydrogens (tertiary/aromatic N) is 1. The fourth-order valence-electron chi connectivity index (χ4n) is 1.76. The summed E-state index contributed by atoms with van der Waals surface area (Å²) in [6.07, 6.45) is 0. The molecule has 0 aliphatic carbocycles. The third-order valence-corrected chi connectivity index (χ3v) is 4.10. The zero-order chi connectivity index (χ0) is 14.3. The largest absolute Gasteiger partial charge is 0.465 e. The van der Waals surface area contributed by atoms with Crippen molar-refractivity contribution in [1.29, 1.82) is 0 Å². The van der Waals surface area contributed by atoms with Crippen LogP contribution in [0.2, 0.25) is 5.15 Å². The number of esters is 1. The molecule has 3 rings (SSSR count). The lowest BCUT2D eigenvalue weighted by Gasteiger charge is -1.92. The van der Waals surface area contributed by atoms with Crippen molar-refractivity contribution in [1.82, 2.24) is 4.98 Å². The summed E-state index contributed by atoms with van der Waals surface area (Å²) in [5.74, 6) is -0.669. The van der Waals surface area contributed by atoms with Gasteiger partial charge in [-0.2, -0.15) is 0 Å². The molecule has 20 heavy (non-hydrogen) atoms. The van der Waals surface area contributed by atoms with Crippen molar-refractivity contribution in [2.24, 2.45) is 0 Å². The monoisotopic (exact) mass is 311 g/mol. The Hall–Kier alpha value is -1.92. The van der Waals surface area contributed by atoms with E-state index in [9.17, 15) is 9.18 Å². The second-order valence-corrected chi connectivity index (χ2v) is 5.26. The number of furan rings is 1. The van der Waals surface area contributed by atoms with Crippen LogP contribution in [-0.2, 0) is 4.74 Å². The minimum atomic E-state index is -0.568. The van der Waals surface area contributed by atoms with Gasteiger partial charge in [0, 0.05) is 5.39 Å². The summed E-state index contributed by atoms with van der Waals surface area (Å²) in [5.41, 5.74) is 0.147. The molecule has 0 aliphatic rings. The minimum absolute atomic E-state index is 0.0396. The smallest absolute Gasteiger partial charge is 0.351 e. The first-order chi connectivity index (χ1) is 9.60. The van der Waals surface area contributed by atoms with Gasteiger partial charge in [-0.1, -0.05) is 23.7 Å². The molecule has 102 valence electrons. The molecular weight excluding hydrogens is 305 g/mol. The van der Waals surface area contributed by atoms with Gasteiger partial charge in [-0.15, -0.1) is 11.3 Å². The van der Waals surface area contributed by atoms with Crippen molar-refractivity contribution in [2.45, 2.75) is 0 Å². The van der Waals surface area contributed by atoms with Crippen LogP contribution in [0, 0.1) is 5.82 Å². The van der Waals surface area contributed by atoms with Gasteiger partial charge in [-0.3, -0.25) is 0 Å². The van der Waals surface area contributed by atoms with Gasteiger partial charge in [0.15, 0.2) is 32.2 Å². The van der Waals surface area contributed by atoms with Crippen LogP contribution in [0.3, 0.4) is 0 Å². The molecule has 0 unspecified atom stereocenters. The average Bonchev–Trinajstić information content (AvgIpc) is 3.02. The summed E-state index contributed by atoms with van der Waals surface area (Å²) >= 11 is 6.91. The molecular formula is C13H7ClFNO3S. The van der Waals surface area contributed by atoms with Crippen LogP contribution in [0.25, 0.3) is 21.7 Å².